The Kier molecular flexibility index (Phi) is 5.75. The number of hydrogen-bond donors (Lipinski definition) is 1. The summed E-state index contributed by atoms with van der Waals surface area (Å²) in [7, 11) is 0. The zero-order valence-corrected chi connectivity index (χ0v) is 17.8. The predicted molar refractivity (Wildman–Crippen MR) is 122 cm³/mol. The molecule has 2 aromatic heterocycles. The second kappa shape index (κ2) is 8.63. The van der Waals surface area contributed by atoms with Crippen molar-refractivity contribution >= 4 is 21.7 Å². The molecule has 5 nitrogen and oxygen atoms in total. The molecule has 4 rings (SSSR count). The van der Waals surface area contributed by atoms with E-state index in [1.807, 2.05) is 81.6 Å². The van der Waals surface area contributed by atoms with Crippen LogP contribution in [0.1, 0.15) is 32.8 Å². The van der Waals surface area contributed by atoms with E-state index in [1.54, 1.807) is 0 Å². The highest BCUT2D eigenvalue weighted by atomic mass is 16.6. The van der Waals surface area contributed by atoms with Gasteiger partial charge in [-0.25, -0.2) is 0 Å². The molecule has 1 N–H and O–H groups in total. The van der Waals surface area contributed by atoms with Crippen LogP contribution in [-0.4, -0.2) is 22.3 Å². The van der Waals surface area contributed by atoms with E-state index in [9.17, 15) is 0 Å². The summed E-state index contributed by atoms with van der Waals surface area (Å²) in [5.74, 6) is 6.58. The van der Waals surface area contributed by atoms with E-state index in [0.717, 1.165) is 21.7 Å². The normalized spacial score (nSPS) is 12.1. The molecule has 0 radical (unpaired) electrons. The third-order valence-electron chi connectivity index (χ3n) is 4.52. The number of aromatic nitrogens is 1. The van der Waals surface area contributed by atoms with Crippen LogP contribution in [0.2, 0.25) is 0 Å². The lowest BCUT2D eigenvalue weighted by atomic mass is 10.1. The smallest absolute Gasteiger partial charge is 0.155 e. The van der Waals surface area contributed by atoms with Crippen molar-refractivity contribution in [2.45, 2.75) is 32.8 Å². The number of benzene rings is 2. The summed E-state index contributed by atoms with van der Waals surface area (Å²) in [5.41, 5.74) is 1.73. The summed E-state index contributed by atoms with van der Waals surface area (Å²) < 4.78 is 6.22. The maximum Gasteiger partial charge on any atom is 0.155 e. The van der Waals surface area contributed by atoms with Gasteiger partial charge in [0, 0.05) is 35.0 Å². The van der Waals surface area contributed by atoms with Crippen molar-refractivity contribution in [1.29, 1.82) is 0 Å². The zero-order valence-electron chi connectivity index (χ0n) is 17.8. The van der Waals surface area contributed by atoms with Crippen LogP contribution in [0.3, 0.4) is 0 Å². The Morgan fingerprint density at radius 1 is 1.06 bits per heavy atom. The van der Waals surface area contributed by atoms with E-state index in [-0.39, 0.29) is 6.61 Å². The van der Waals surface area contributed by atoms with E-state index < -0.39 is 5.60 Å². The molecular formula is C26H24N2O3. The fraction of sp³-hybridized carbons (Fsp3) is 0.231. The first-order chi connectivity index (χ1) is 14.9. The molecule has 0 aliphatic rings. The second-order valence-corrected chi connectivity index (χ2v) is 8.19. The fourth-order valence-electron chi connectivity index (χ4n) is 3.07. The first-order valence-corrected chi connectivity index (χ1v) is 10.2. The summed E-state index contributed by atoms with van der Waals surface area (Å²) in [6, 6.07) is 17.6. The zero-order chi connectivity index (χ0) is 21.8. The van der Waals surface area contributed by atoms with Gasteiger partial charge in [0.1, 0.15) is 22.2 Å². The SMILES string of the molecule is CC(C)(C)ON=c1cc(-c2cc3ccccc3cn2)oc2cc(C#CCCO)ccc12. The Bertz CT molecular complexity index is 1370. The third kappa shape index (κ3) is 4.93. The van der Waals surface area contributed by atoms with Crippen molar-refractivity contribution < 1.29 is 14.4 Å². The number of rotatable bonds is 3. The maximum absolute atomic E-state index is 8.96. The minimum absolute atomic E-state index is 0.0376. The van der Waals surface area contributed by atoms with Gasteiger partial charge in [-0.05, 0) is 50.4 Å². The van der Waals surface area contributed by atoms with Gasteiger partial charge in [0.15, 0.2) is 5.76 Å². The number of pyridine rings is 1. The predicted octanol–water partition coefficient (Wildman–Crippen LogP) is 5.01. The number of hydrogen-bond acceptors (Lipinski definition) is 5. The first-order valence-electron chi connectivity index (χ1n) is 10.2. The fourth-order valence-corrected chi connectivity index (χ4v) is 3.07. The minimum atomic E-state index is -0.420. The maximum atomic E-state index is 8.96. The largest absolute Gasteiger partial charge is 0.454 e. The Labute approximate surface area is 181 Å². The van der Waals surface area contributed by atoms with Crippen LogP contribution in [0.25, 0.3) is 33.2 Å². The van der Waals surface area contributed by atoms with Gasteiger partial charge in [0.2, 0.25) is 0 Å². The average Bonchev–Trinajstić information content (AvgIpc) is 2.76. The summed E-state index contributed by atoms with van der Waals surface area (Å²) in [6.45, 7) is 5.89. The summed E-state index contributed by atoms with van der Waals surface area (Å²) in [6.07, 6.45) is 2.26. The van der Waals surface area contributed by atoms with Gasteiger partial charge < -0.3 is 14.4 Å². The molecule has 0 amide bonds. The lowest BCUT2D eigenvalue weighted by Crippen LogP contribution is -2.18. The molecule has 0 aliphatic carbocycles. The van der Waals surface area contributed by atoms with Crippen molar-refractivity contribution in [2.75, 3.05) is 6.61 Å². The molecule has 4 aromatic rings. The second-order valence-electron chi connectivity index (χ2n) is 8.19. The van der Waals surface area contributed by atoms with Gasteiger partial charge in [0.05, 0.1) is 6.61 Å². The van der Waals surface area contributed by atoms with Crippen molar-refractivity contribution in [3.63, 3.8) is 0 Å². The molecule has 156 valence electrons. The summed E-state index contributed by atoms with van der Waals surface area (Å²) in [5, 5.41) is 17.0. The number of fused-ring (bicyclic) bond motifs is 2. The minimum Gasteiger partial charge on any atom is -0.454 e. The Balaban J connectivity index is 1.90. The average molecular weight is 412 g/mol. The molecule has 2 aromatic carbocycles. The van der Waals surface area contributed by atoms with Crippen LogP contribution in [0.5, 0.6) is 0 Å². The van der Waals surface area contributed by atoms with Crippen molar-refractivity contribution in [3.8, 4) is 23.3 Å². The highest BCUT2D eigenvalue weighted by Gasteiger charge is 2.12. The molecule has 0 aliphatic heterocycles. The van der Waals surface area contributed by atoms with Gasteiger partial charge in [-0.15, -0.1) is 0 Å². The molecule has 0 saturated heterocycles. The molecule has 0 spiro atoms. The lowest BCUT2D eigenvalue weighted by molar-refractivity contribution is -0.00585. The molecule has 5 heteroatoms. The highest BCUT2D eigenvalue weighted by Crippen LogP contribution is 2.24. The van der Waals surface area contributed by atoms with E-state index in [1.165, 1.54) is 0 Å². The van der Waals surface area contributed by atoms with Crippen LogP contribution in [0.4, 0.5) is 0 Å². The number of aliphatic hydroxyl groups is 1. The van der Waals surface area contributed by atoms with Gasteiger partial charge in [-0.2, -0.15) is 0 Å². The van der Waals surface area contributed by atoms with Gasteiger partial charge in [0.25, 0.3) is 0 Å². The van der Waals surface area contributed by atoms with E-state index >= 15 is 0 Å². The molecule has 2 heterocycles. The monoisotopic (exact) mass is 412 g/mol. The topological polar surface area (TPSA) is 67.9 Å². The van der Waals surface area contributed by atoms with Gasteiger partial charge >= 0.3 is 0 Å². The molecule has 0 bridgehead atoms. The number of aliphatic hydroxyl groups excluding tert-OH is 1. The van der Waals surface area contributed by atoms with Crippen LogP contribution >= 0.6 is 0 Å². The van der Waals surface area contributed by atoms with Crippen LogP contribution in [0, 0.1) is 11.8 Å². The summed E-state index contributed by atoms with van der Waals surface area (Å²) in [4.78, 5) is 10.3. The Morgan fingerprint density at radius 2 is 1.87 bits per heavy atom. The first kappa shape index (κ1) is 20.6. The van der Waals surface area contributed by atoms with Gasteiger partial charge in [-0.3, -0.25) is 4.98 Å². The summed E-state index contributed by atoms with van der Waals surface area (Å²) >= 11 is 0. The molecular weight excluding hydrogens is 388 g/mol. The van der Waals surface area contributed by atoms with Crippen molar-refractivity contribution in [1.82, 2.24) is 4.98 Å². The molecule has 0 unspecified atom stereocenters. The lowest BCUT2D eigenvalue weighted by Gasteiger charge is -2.15. The van der Waals surface area contributed by atoms with Crippen molar-refractivity contribution in [2.24, 2.45) is 5.16 Å². The van der Waals surface area contributed by atoms with Gasteiger partial charge in [-0.1, -0.05) is 41.3 Å². The molecule has 0 saturated carbocycles. The standard InChI is InChI=1S/C26H24N2O3/c1-26(2,3)31-28-22-16-25(23-15-19-9-4-5-10-20(19)17-27-23)30-24-14-18(8-6-7-13-29)11-12-21(22)24/h4-5,9-12,14-17,29H,7,13H2,1-3H3. The molecule has 0 fully saturated rings. The Morgan fingerprint density at radius 3 is 2.65 bits per heavy atom. The Hall–Kier alpha value is -3.62. The van der Waals surface area contributed by atoms with Crippen molar-refractivity contribution in [3.05, 3.63) is 71.7 Å². The van der Waals surface area contributed by atoms with Crippen LogP contribution < -0.4 is 5.36 Å². The van der Waals surface area contributed by atoms with Crippen LogP contribution in [-0.2, 0) is 4.84 Å². The van der Waals surface area contributed by atoms with E-state index in [0.29, 0.717) is 28.8 Å². The molecule has 0 atom stereocenters. The van der Waals surface area contributed by atoms with E-state index in [4.69, 9.17) is 14.4 Å². The quantitative estimate of drug-likeness (QED) is 0.379. The van der Waals surface area contributed by atoms with Crippen LogP contribution in [0.15, 0.2) is 70.4 Å². The van der Waals surface area contributed by atoms with E-state index in [2.05, 4.69) is 22.0 Å². The third-order valence-corrected chi connectivity index (χ3v) is 4.52. The highest BCUT2D eigenvalue weighted by molar-refractivity contribution is 5.85. The number of nitrogens with zero attached hydrogens (tertiary/aromatic N) is 2. The molecule has 31 heavy (non-hydrogen) atoms.